The number of nitrogens with zero attached hydrogens (tertiary/aromatic N) is 2. The van der Waals surface area contributed by atoms with Crippen LogP contribution in [-0.2, 0) is 32.6 Å². The molecule has 1 saturated carbocycles. The zero-order chi connectivity index (χ0) is 32.7. The Bertz CT molecular complexity index is 1750. The van der Waals surface area contributed by atoms with E-state index in [0.717, 1.165) is 35.6 Å². The minimum Gasteiger partial charge on any atom is -0.352 e. The molecule has 0 bridgehead atoms. The minimum atomic E-state index is -4.23. The fourth-order valence-corrected chi connectivity index (χ4v) is 7.57. The number of anilines is 1. The van der Waals surface area contributed by atoms with Crippen LogP contribution in [-0.4, -0.2) is 43.8 Å². The van der Waals surface area contributed by atoms with Crippen LogP contribution in [0.3, 0.4) is 0 Å². The van der Waals surface area contributed by atoms with E-state index in [-0.39, 0.29) is 29.8 Å². The lowest BCUT2D eigenvalue weighted by atomic mass is 10.0. The molecule has 0 radical (unpaired) electrons. The van der Waals surface area contributed by atoms with Gasteiger partial charge in [-0.15, -0.1) is 0 Å². The van der Waals surface area contributed by atoms with Crippen LogP contribution in [0.1, 0.15) is 42.4 Å². The Balaban J connectivity index is 1.57. The Hall–Kier alpha value is -4.21. The summed E-state index contributed by atoms with van der Waals surface area (Å²) >= 11 is 6.22. The molecule has 1 aliphatic rings. The molecular formula is C36H37ClFN3O4S. The molecule has 10 heteroatoms. The van der Waals surface area contributed by atoms with Crippen molar-refractivity contribution >= 4 is 39.1 Å². The van der Waals surface area contributed by atoms with Crippen molar-refractivity contribution < 1.29 is 22.4 Å². The van der Waals surface area contributed by atoms with E-state index in [9.17, 15) is 22.4 Å². The molecule has 1 aliphatic carbocycles. The predicted octanol–water partition coefficient (Wildman–Crippen LogP) is 6.68. The molecule has 0 unspecified atom stereocenters. The van der Waals surface area contributed by atoms with E-state index in [1.807, 2.05) is 30.3 Å². The van der Waals surface area contributed by atoms with Gasteiger partial charge in [0, 0.05) is 24.0 Å². The third-order valence-corrected chi connectivity index (χ3v) is 10.3. The monoisotopic (exact) mass is 661 g/mol. The van der Waals surface area contributed by atoms with E-state index >= 15 is 0 Å². The Morgan fingerprint density at radius 2 is 1.52 bits per heavy atom. The summed E-state index contributed by atoms with van der Waals surface area (Å²) in [6, 6.07) is 26.8. The van der Waals surface area contributed by atoms with Crippen molar-refractivity contribution in [2.75, 3.05) is 10.8 Å². The van der Waals surface area contributed by atoms with Crippen LogP contribution in [0.25, 0.3) is 0 Å². The Labute approximate surface area is 275 Å². The zero-order valence-electron chi connectivity index (χ0n) is 25.6. The standard InChI is InChI=1S/C36H37ClFN3O4S/c1-26-22-29(37)18-21-33(26)41(46(44,45)32-14-6-3-7-15-32)25-35(42)40(24-28-16-19-30(38)20-17-28)34(23-27-10-4-2-5-11-27)36(43)39-31-12-8-9-13-31/h2-7,10-11,14-22,31,34H,8-9,12-13,23-25H2,1H3,(H,39,43)/t34-/m1/s1. The van der Waals surface area contributed by atoms with Gasteiger partial charge in [0.15, 0.2) is 0 Å². The number of sulfonamides is 1. The van der Waals surface area contributed by atoms with Gasteiger partial charge in [0.25, 0.3) is 10.0 Å². The summed E-state index contributed by atoms with van der Waals surface area (Å²) in [5, 5.41) is 3.57. The molecule has 7 nitrogen and oxygen atoms in total. The Kier molecular flexibility index (Phi) is 10.8. The number of hydrogen-bond donors (Lipinski definition) is 1. The molecule has 0 spiro atoms. The molecule has 1 atom stereocenters. The Morgan fingerprint density at radius 1 is 0.891 bits per heavy atom. The fourth-order valence-electron chi connectivity index (χ4n) is 5.84. The highest BCUT2D eigenvalue weighted by atomic mass is 35.5. The van der Waals surface area contributed by atoms with Crippen molar-refractivity contribution in [1.82, 2.24) is 10.2 Å². The van der Waals surface area contributed by atoms with Gasteiger partial charge in [0.1, 0.15) is 18.4 Å². The van der Waals surface area contributed by atoms with Gasteiger partial charge >= 0.3 is 0 Å². The summed E-state index contributed by atoms with van der Waals surface area (Å²) in [5.41, 5.74) is 2.29. The largest absolute Gasteiger partial charge is 0.352 e. The van der Waals surface area contributed by atoms with Crippen LogP contribution >= 0.6 is 11.6 Å². The second-order valence-corrected chi connectivity index (χ2v) is 13.9. The highest BCUT2D eigenvalue weighted by molar-refractivity contribution is 7.92. The topological polar surface area (TPSA) is 86.8 Å². The summed E-state index contributed by atoms with van der Waals surface area (Å²) < 4.78 is 43.2. The molecule has 2 amide bonds. The van der Waals surface area contributed by atoms with Crippen LogP contribution < -0.4 is 9.62 Å². The highest BCUT2D eigenvalue weighted by Crippen LogP contribution is 2.30. The SMILES string of the molecule is Cc1cc(Cl)ccc1N(CC(=O)N(Cc1ccc(F)cc1)[C@H](Cc1ccccc1)C(=O)NC1CCCC1)S(=O)(=O)c1ccccc1. The van der Waals surface area contributed by atoms with Crippen molar-refractivity contribution in [2.24, 2.45) is 0 Å². The number of benzene rings is 4. The number of aryl methyl sites for hydroxylation is 1. The molecular weight excluding hydrogens is 625 g/mol. The summed E-state index contributed by atoms with van der Waals surface area (Å²) in [7, 11) is -4.23. The summed E-state index contributed by atoms with van der Waals surface area (Å²) in [6.45, 7) is 1.11. The van der Waals surface area contributed by atoms with Gasteiger partial charge in [-0.2, -0.15) is 0 Å². The molecule has 240 valence electrons. The lowest BCUT2D eigenvalue weighted by Gasteiger charge is -2.34. The van der Waals surface area contributed by atoms with Gasteiger partial charge in [-0.25, -0.2) is 12.8 Å². The number of hydrogen-bond acceptors (Lipinski definition) is 4. The molecule has 5 rings (SSSR count). The van der Waals surface area contributed by atoms with E-state index < -0.39 is 34.3 Å². The lowest BCUT2D eigenvalue weighted by molar-refractivity contribution is -0.140. The number of carbonyl (C=O) groups is 2. The predicted molar refractivity (Wildman–Crippen MR) is 178 cm³/mol. The van der Waals surface area contributed by atoms with Crippen molar-refractivity contribution in [1.29, 1.82) is 0 Å². The number of carbonyl (C=O) groups excluding carboxylic acids is 2. The Morgan fingerprint density at radius 3 is 2.15 bits per heavy atom. The van der Waals surface area contributed by atoms with Gasteiger partial charge in [0.2, 0.25) is 11.8 Å². The number of nitrogens with one attached hydrogen (secondary N) is 1. The van der Waals surface area contributed by atoms with Gasteiger partial charge in [0.05, 0.1) is 10.6 Å². The zero-order valence-corrected chi connectivity index (χ0v) is 27.2. The first-order valence-electron chi connectivity index (χ1n) is 15.3. The van der Waals surface area contributed by atoms with E-state index in [2.05, 4.69) is 5.32 Å². The second-order valence-electron chi connectivity index (χ2n) is 11.6. The quantitative estimate of drug-likeness (QED) is 0.184. The molecule has 4 aromatic carbocycles. The minimum absolute atomic E-state index is 0.000204. The first-order chi connectivity index (χ1) is 22.1. The molecule has 0 saturated heterocycles. The van der Waals surface area contributed by atoms with Crippen LogP contribution in [0.5, 0.6) is 0 Å². The van der Waals surface area contributed by atoms with Gasteiger partial charge in [-0.3, -0.25) is 13.9 Å². The highest BCUT2D eigenvalue weighted by Gasteiger charge is 2.36. The fraction of sp³-hybridized carbons (Fsp3) is 0.278. The van der Waals surface area contributed by atoms with Gasteiger partial charge in [-0.1, -0.05) is 85.1 Å². The summed E-state index contributed by atoms with van der Waals surface area (Å²) in [4.78, 5) is 30.1. The second kappa shape index (κ2) is 14.9. The van der Waals surface area contributed by atoms with Gasteiger partial charge in [-0.05, 0) is 78.9 Å². The van der Waals surface area contributed by atoms with E-state index in [1.54, 1.807) is 55.5 Å². The summed E-state index contributed by atoms with van der Waals surface area (Å²) in [6.07, 6.45) is 3.94. The first-order valence-corrected chi connectivity index (χ1v) is 17.2. The van der Waals surface area contributed by atoms with Crippen LogP contribution in [0.2, 0.25) is 5.02 Å². The lowest BCUT2D eigenvalue weighted by Crippen LogP contribution is -2.54. The van der Waals surface area contributed by atoms with E-state index in [1.165, 1.54) is 29.2 Å². The number of rotatable bonds is 12. The van der Waals surface area contributed by atoms with Gasteiger partial charge < -0.3 is 10.2 Å². The van der Waals surface area contributed by atoms with Crippen molar-refractivity contribution in [3.8, 4) is 0 Å². The van der Waals surface area contributed by atoms with Crippen molar-refractivity contribution in [3.05, 3.63) is 131 Å². The first kappa shape index (κ1) is 33.2. The average molecular weight is 662 g/mol. The number of halogens is 2. The number of amides is 2. The molecule has 1 fully saturated rings. The third kappa shape index (κ3) is 8.13. The van der Waals surface area contributed by atoms with Crippen LogP contribution in [0, 0.1) is 12.7 Å². The van der Waals surface area contributed by atoms with Crippen LogP contribution in [0.15, 0.2) is 108 Å². The van der Waals surface area contributed by atoms with E-state index in [4.69, 9.17) is 11.6 Å². The normalized spacial score (nSPS) is 14.1. The molecule has 0 aliphatic heterocycles. The maximum absolute atomic E-state index is 14.6. The summed E-state index contributed by atoms with van der Waals surface area (Å²) in [5.74, 6) is -1.33. The molecule has 4 aromatic rings. The molecule has 46 heavy (non-hydrogen) atoms. The van der Waals surface area contributed by atoms with Crippen molar-refractivity contribution in [2.45, 2.75) is 62.6 Å². The van der Waals surface area contributed by atoms with Crippen LogP contribution in [0.4, 0.5) is 10.1 Å². The average Bonchev–Trinajstić information content (AvgIpc) is 3.56. The van der Waals surface area contributed by atoms with E-state index in [0.29, 0.717) is 21.8 Å². The maximum atomic E-state index is 14.6. The smallest absolute Gasteiger partial charge is 0.264 e. The molecule has 0 heterocycles. The van der Waals surface area contributed by atoms with Crippen molar-refractivity contribution in [3.63, 3.8) is 0 Å². The maximum Gasteiger partial charge on any atom is 0.264 e. The molecule has 0 aromatic heterocycles. The third-order valence-electron chi connectivity index (χ3n) is 8.28. The molecule has 1 N–H and O–H groups in total.